The van der Waals surface area contributed by atoms with Gasteiger partial charge in [-0.2, -0.15) is 0 Å². The smallest absolute Gasteiger partial charge is 0.252 e. The van der Waals surface area contributed by atoms with Crippen LogP contribution >= 0.6 is 12.2 Å². The lowest BCUT2D eigenvalue weighted by molar-refractivity contribution is -0.139. The number of amides is 1. The van der Waals surface area contributed by atoms with Gasteiger partial charge in [-0.15, -0.1) is 0 Å². The van der Waals surface area contributed by atoms with Crippen LogP contribution in [-0.4, -0.2) is 23.1 Å². The van der Waals surface area contributed by atoms with Gasteiger partial charge in [0, 0.05) is 24.3 Å². The first kappa shape index (κ1) is 14.9. The second kappa shape index (κ2) is 5.85. The van der Waals surface area contributed by atoms with Crippen LogP contribution in [0.15, 0.2) is 18.2 Å². The highest BCUT2D eigenvalue weighted by Gasteiger charge is 2.37. The standard InChI is InChI=1S/C14H17FN2O2S/c1-14(5-2-6-19-14)13(18)17-8-10-4-3-9(12(16)20)7-11(10)15/h3-4,7H,2,5-6,8H2,1H3,(H2,16,20)(H,17,18). The van der Waals surface area contributed by atoms with Crippen LogP contribution in [-0.2, 0) is 16.1 Å². The van der Waals surface area contributed by atoms with E-state index in [2.05, 4.69) is 5.32 Å². The monoisotopic (exact) mass is 296 g/mol. The molecule has 0 aliphatic carbocycles. The van der Waals surface area contributed by atoms with Crippen molar-refractivity contribution in [2.75, 3.05) is 6.61 Å². The summed E-state index contributed by atoms with van der Waals surface area (Å²) >= 11 is 4.78. The van der Waals surface area contributed by atoms with Crippen LogP contribution < -0.4 is 11.1 Å². The molecule has 20 heavy (non-hydrogen) atoms. The molecule has 1 fully saturated rings. The van der Waals surface area contributed by atoms with E-state index in [9.17, 15) is 9.18 Å². The van der Waals surface area contributed by atoms with Crippen molar-refractivity contribution in [3.05, 3.63) is 35.1 Å². The van der Waals surface area contributed by atoms with Crippen molar-refractivity contribution < 1.29 is 13.9 Å². The number of rotatable bonds is 4. The molecule has 1 aliphatic rings. The Hall–Kier alpha value is -1.53. The molecule has 108 valence electrons. The van der Waals surface area contributed by atoms with E-state index in [0.717, 1.165) is 6.42 Å². The van der Waals surface area contributed by atoms with Gasteiger partial charge in [-0.3, -0.25) is 4.79 Å². The fourth-order valence-electron chi connectivity index (χ4n) is 2.16. The lowest BCUT2D eigenvalue weighted by Crippen LogP contribution is -2.43. The minimum atomic E-state index is -0.796. The number of ether oxygens (including phenoxy) is 1. The zero-order chi connectivity index (χ0) is 14.8. The highest BCUT2D eigenvalue weighted by Crippen LogP contribution is 2.25. The molecular formula is C14H17FN2O2S. The molecule has 1 aromatic rings. The van der Waals surface area contributed by atoms with Crippen LogP contribution in [0, 0.1) is 5.82 Å². The Morgan fingerprint density at radius 2 is 2.35 bits per heavy atom. The van der Waals surface area contributed by atoms with Crippen LogP contribution in [0.1, 0.15) is 30.9 Å². The van der Waals surface area contributed by atoms with Gasteiger partial charge in [0.15, 0.2) is 0 Å². The maximum atomic E-state index is 13.8. The third-order valence-corrected chi connectivity index (χ3v) is 3.71. The molecule has 1 saturated heterocycles. The minimum absolute atomic E-state index is 0.112. The van der Waals surface area contributed by atoms with Gasteiger partial charge in [-0.05, 0) is 25.8 Å². The molecule has 1 aliphatic heterocycles. The number of carbonyl (C=O) groups excluding carboxylic acids is 1. The van der Waals surface area contributed by atoms with Crippen LogP contribution in [0.4, 0.5) is 4.39 Å². The molecule has 1 atom stereocenters. The van der Waals surface area contributed by atoms with Gasteiger partial charge in [-0.1, -0.05) is 24.4 Å². The summed E-state index contributed by atoms with van der Waals surface area (Å²) in [6.07, 6.45) is 1.54. The summed E-state index contributed by atoms with van der Waals surface area (Å²) in [6.45, 7) is 2.45. The Morgan fingerprint density at radius 3 is 2.90 bits per heavy atom. The van der Waals surface area contributed by atoms with Gasteiger partial charge in [0.05, 0.1) is 0 Å². The molecule has 6 heteroatoms. The Balaban J connectivity index is 2.00. The molecule has 0 radical (unpaired) electrons. The van der Waals surface area contributed by atoms with Crippen molar-refractivity contribution in [1.29, 1.82) is 0 Å². The van der Waals surface area contributed by atoms with Crippen molar-refractivity contribution in [1.82, 2.24) is 5.32 Å². The number of hydrogen-bond acceptors (Lipinski definition) is 3. The number of carbonyl (C=O) groups is 1. The van der Waals surface area contributed by atoms with Crippen LogP contribution in [0.3, 0.4) is 0 Å². The maximum absolute atomic E-state index is 13.8. The second-order valence-electron chi connectivity index (χ2n) is 5.04. The Morgan fingerprint density at radius 1 is 1.60 bits per heavy atom. The topological polar surface area (TPSA) is 64.4 Å². The third-order valence-electron chi connectivity index (χ3n) is 3.48. The molecule has 1 unspecified atom stereocenters. The van der Waals surface area contributed by atoms with E-state index < -0.39 is 11.4 Å². The third kappa shape index (κ3) is 3.13. The summed E-state index contributed by atoms with van der Waals surface area (Å²) in [6, 6.07) is 4.49. The molecule has 1 heterocycles. The number of hydrogen-bond donors (Lipinski definition) is 2. The number of benzene rings is 1. The van der Waals surface area contributed by atoms with Gasteiger partial charge in [0.25, 0.3) is 5.91 Å². The lowest BCUT2D eigenvalue weighted by Gasteiger charge is -2.22. The summed E-state index contributed by atoms with van der Waals surface area (Å²) in [4.78, 5) is 12.2. The fourth-order valence-corrected chi connectivity index (χ4v) is 2.29. The van der Waals surface area contributed by atoms with Crippen molar-refractivity contribution in [2.24, 2.45) is 5.73 Å². The molecule has 1 aromatic carbocycles. The first-order chi connectivity index (χ1) is 9.42. The van der Waals surface area contributed by atoms with E-state index in [0.29, 0.717) is 24.2 Å². The predicted octanol–water partition coefficient (Wildman–Crippen LogP) is 1.65. The maximum Gasteiger partial charge on any atom is 0.252 e. The summed E-state index contributed by atoms with van der Waals surface area (Å²) in [5.74, 6) is -0.652. The summed E-state index contributed by atoms with van der Waals surface area (Å²) < 4.78 is 19.3. The minimum Gasteiger partial charge on any atom is -0.389 e. The Labute approximate surface area is 122 Å². The van der Waals surface area contributed by atoms with Gasteiger partial charge in [-0.25, -0.2) is 4.39 Å². The van der Waals surface area contributed by atoms with E-state index in [-0.39, 0.29) is 17.4 Å². The first-order valence-electron chi connectivity index (χ1n) is 6.43. The Kier molecular flexibility index (Phi) is 4.35. The molecular weight excluding hydrogens is 279 g/mol. The van der Waals surface area contributed by atoms with Crippen molar-refractivity contribution in [3.8, 4) is 0 Å². The molecule has 0 bridgehead atoms. The van der Waals surface area contributed by atoms with Crippen LogP contribution in [0.25, 0.3) is 0 Å². The number of thiocarbonyl (C=S) groups is 1. The van der Waals surface area contributed by atoms with Gasteiger partial charge in [0.2, 0.25) is 0 Å². The zero-order valence-electron chi connectivity index (χ0n) is 11.2. The zero-order valence-corrected chi connectivity index (χ0v) is 12.1. The summed E-state index contributed by atoms with van der Waals surface area (Å²) in [5, 5.41) is 2.70. The van der Waals surface area contributed by atoms with E-state index in [1.807, 2.05) is 0 Å². The van der Waals surface area contributed by atoms with Gasteiger partial charge >= 0.3 is 0 Å². The number of halogens is 1. The molecule has 2 rings (SSSR count). The average molecular weight is 296 g/mol. The normalized spacial score (nSPS) is 21.7. The summed E-state index contributed by atoms with van der Waals surface area (Å²) in [7, 11) is 0. The van der Waals surface area contributed by atoms with E-state index in [1.165, 1.54) is 6.07 Å². The highest BCUT2D eigenvalue weighted by molar-refractivity contribution is 7.80. The number of nitrogens with two attached hydrogens (primary N) is 1. The van der Waals surface area contributed by atoms with E-state index >= 15 is 0 Å². The van der Waals surface area contributed by atoms with Crippen LogP contribution in [0.5, 0.6) is 0 Å². The SMILES string of the molecule is CC1(C(=O)NCc2ccc(C(N)=S)cc2F)CCCO1. The fraction of sp³-hybridized carbons (Fsp3) is 0.429. The van der Waals surface area contributed by atoms with Crippen molar-refractivity contribution >= 4 is 23.1 Å². The lowest BCUT2D eigenvalue weighted by atomic mass is 10.0. The van der Waals surface area contributed by atoms with Crippen LogP contribution in [0.2, 0.25) is 0 Å². The largest absolute Gasteiger partial charge is 0.389 e. The molecule has 0 saturated carbocycles. The molecule has 3 N–H and O–H groups in total. The molecule has 1 amide bonds. The summed E-state index contributed by atoms with van der Waals surface area (Å²) in [5.41, 5.74) is 5.50. The Bertz CT molecular complexity index is 542. The predicted molar refractivity (Wildman–Crippen MR) is 77.7 cm³/mol. The second-order valence-corrected chi connectivity index (χ2v) is 5.48. The first-order valence-corrected chi connectivity index (χ1v) is 6.84. The quantitative estimate of drug-likeness (QED) is 0.829. The van der Waals surface area contributed by atoms with Gasteiger partial charge < -0.3 is 15.8 Å². The average Bonchev–Trinajstić information content (AvgIpc) is 2.85. The van der Waals surface area contributed by atoms with E-state index in [4.69, 9.17) is 22.7 Å². The van der Waals surface area contributed by atoms with Crippen molar-refractivity contribution in [3.63, 3.8) is 0 Å². The molecule has 0 aromatic heterocycles. The van der Waals surface area contributed by atoms with Crippen molar-refractivity contribution in [2.45, 2.75) is 31.9 Å². The highest BCUT2D eigenvalue weighted by atomic mass is 32.1. The number of nitrogens with one attached hydrogen (secondary N) is 1. The molecule has 4 nitrogen and oxygen atoms in total. The molecule has 0 spiro atoms. The van der Waals surface area contributed by atoms with Gasteiger partial charge in [0.1, 0.15) is 16.4 Å². The van der Waals surface area contributed by atoms with E-state index in [1.54, 1.807) is 19.1 Å².